The largest absolute Gasteiger partial charge is 0.486 e. The van der Waals surface area contributed by atoms with Crippen LogP contribution in [-0.2, 0) is 0 Å². The lowest BCUT2D eigenvalue weighted by molar-refractivity contribution is 0.0614. The zero-order chi connectivity index (χ0) is 11.6. The molecule has 0 aromatic heterocycles. The van der Waals surface area contributed by atoms with Crippen molar-refractivity contribution in [2.45, 2.75) is 39.2 Å². The maximum Gasteiger partial charge on any atom is 0.120 e. The van der Waals surface area contributed by atoms with Crippen LogP contribution >= 0.6 is 0 Å². The van der Waals surface area contributed by atoms with E-state index in [-0.39, 0.29) is 5.60 Å². The predicted octanol–water partition coefficient (Wildman–Crippen LogP) is 2.82. The minimum Gasteiger partial charge on any atom is -0.486 e. The van der Waals surface area contributed by atoms with Crippen LogP contribution in [0.3, 0.4) is 0 Å². The maximum atomic E-state index is 6.12. The molecule has 0 saturated carbocycles. The van der Waals surface area contributed by atoms with E-state index in [1.54, 1.807) is 0 Å². The summed E-state index contributed by atoms with van der Waals surface area (Å²) in [5, 5.41) is 3.40. The van der Waals surface area contributed by atoms with E-state index in [4.69, 9.17) is 4.74 Å². The first-order valence-electron chi connectivity index (χ1n) is 6.06. The van der Waals surface area contributed by atoms with Gasteiger partial charge in [0.25, 0.3) is 0 Å². The van der Waals surface area contributed by atoms with Crippen molar-refractivity contribution in [3.05, 3.63) is 29.3 Å². The SMILES string of the molecule is Cc1ccc(OC2(C)CCCNC2)cc1C. The van der Waals surface area contributed by atoms with Gasteiger partial charge in [-0.15, -0.1) is 0 Å². The second-order valence-corrected chi connectivity index (χ2v) is 5.08. The van der Waals surface area contributed by atoms with Gasteiger partial charge in [-0.05, 0) is 63.4 Å². The Morgan fingerprint density at radius 2 is 2.06 bits per heavy atom. The number of nitrogens with one attached hydrogen (secondary N) is 1. The standard InChI is InChI=1S/C14H21NO/c1-11-5-6-13(9-12(11)2)16-14(3)7-4-8-15-10-14/h5-6,9,15H,4,7-8,10H2,1-3H3. The molecule has 0 amide bonds. The van der Waals surface area contributed by atoms with Crippen LogP contribution in [0.25, 0.3) is 0 Å². The number of hydrogen-bond acceptors (Lipinski definition) is 2. The number of rotatable bonds is 2. The summed E-state index contributed by atoms with van der Waals surface area (Å²) >= 11 is 0. The lowest BCUT2D eigenvalue weighted by atomic mass is 9.96. The molecule has 0 spiro atoms. The average molecular weight is 219 g/mol. The van der Waals surface area contributed by atoms with Gasteiger partial charge in [0.05, 0.1) is 0 Å². The third-order valence-corrected chi connectivity index (χ3v) is 3.40. The fourth-order valence-electron chi connectivity index (χ4n) is 2.18. The van der Waals surface area contributed by atoms with E-state index < -0.39 is 0 Å². The molecule has 0 bridgehead atoms. The third-order valence-electron chi connectivity index (χ3n) is 3.40. The van der Waals surface area contributed by atoms with Crippen LogP contribution in [0, 0.1) is 13.8 Å². The van der Waals surface area contributed by atoms with E-state index in [0.717, 1.165) is 25.3 Å². The summed E-state index contributed by atoms with van der Waals surface area (Å²) in [5.41, 5.74) is 2.57. The van der Waals surface area contributed by atoms with Crippen molar-refractivity contribution in [1.29, 1.82) is 0 Å². The van der Waals surface area contributed by atoms with E-state index in [1.807, 2.05) is 0 Å². The molecule has 1 heterocycles. The summed E-state index contributed by atoms with van der Waals surface area (Å²) in [4.78, 5) is 0. The molecule has 1 aromatic carbocycles. The number of hydrogen-bond donors (Lipinski definition) is 1. The van der Waals surface area contributed by atoms with Crippen LogP contribution in [0.5, 0.6) is 5.75 Å². The molecule has 0 radical (unpaired) electrons. The predicted molar refractivity (Wildman–Crippen MR) is 67.1 cm³/mol. The van der Waals surface area contributed by atoms with Gasteiger partial charge in [0.1, 0.15) is 11.4 Å². The lowest BCUT2D eigenvalue weighted by Gasteiger charge is -2.34. The van der Waals surface area contributed by atoms with E-state index in [9.17, 15) is 0 Å². The normalized spacial score (nSPS) is 25.4. The van der Waals surface area contributed by atoms with Crippen molar-refractivity contribution in [3.8, 4) is 5.75 Å². The number of ether oxygens (including phenoxy) is 1. The summed E-state index contributed by atoms with van der Waals surface area (Å²) in [6.45, 7) is 8.51. The fraction of sp³-hybridized carbons (Fsp3) is 0.571. The molecule has 1 saturated heterocycles. The Morgan fingerprint density at radius 1 is 1.25 bits per heavy atom. The van der Waals surface area contributed by atoms with Gasteiger partial charge in [-0.25, -0.2) is 0 Å². The maximum absolute atomic E-state index is 6.12. The zero-order valence-electron chi connectivity index (χ0n) is 10.5. The van der Waals surface area contributed by atoms with Crippen LogP contribution in [0.1, 0.15) is 30.9 Å². The van der Waals surface area contributed by atoms with Crippen LogP contribution in [-0.4, -0.2) is 18.7 Å². The molecule has 1 fully saturated rings. The third kappa shape index (κ3) is 2.56. The minimum absolute atomic E-state index is 0.0417. The summed E-state index contributed by atoms with van der Waals surface area (Å²) in [6, 6.07) is 6.33. The van der Waals surface area contributed by atoms with Gasteiger partial charge in [-0.3, -0.25) is 0 Å². The Kier molecular flexibility index (Phi) is 3.20. The minimum atomic E-state index is -0.0417. The molecule has 0 aliphatic carbocycles. The number of aryl methyl sites for hydroxylation is 2. The molecule has 2 nitrogen and oxygen atoms in total. The van der Waals surface area contributed by atoms with Crippen LogP contribution in [0.4, 0.5) is 0 Å². The highest BCUT2D eigenvalue weighted by molar-refractivity contribution is 5.34. The Bertz CT molecular complexity index is 367. The fourth-order valence-corrected chi connectivity index (χ4v) is 2.18. The van der Waals surface area contributed by atoms with Crippen molar-refractivity contribution in [2.24, 2.45) is 0 Å². The van der Waals surface area contributed by atoms with Crippen molar-refractivity contribution >= 4 is 0 Å². The van der Waals surface area contributed by atoms with Crippen molar-refractivity contribution in [2.75, 3.05) is 13.1 Å². The van der Waals surface area contributed by atoms with E-state index in [0.29, 0.717) is 0 Å². The topological polar surface area (TPSA) is 21.3 Å². The molecule has 1 aliphatic rings. The highest BCUT2D eigenvalue weighted by Gasteiger charge is 2.28. The Labute approximate surface area is 98.0 Å². The van der Waals surface area contributed by atoms with E-state index in [2.05, 4.69) is 44.3 Å². The zero-order valence-corrected chi connectivity index (χ0v) is 10.5. The highest BCUT2D eigenvalue weighted by Crippen LogP contribution is 2.25. The van der Waals surface area contributed by atoms with Crippen molar-refractivity contribution < 1.29 is 4.74 Å². The average Bonchev–Trinajstić information content (AvgIpc) is 2.24. The van der Waals surface area contributed by atoms with Gasteiger partial charge < -0.3 is 10.1 Å². The second-order valence-electron chi connectivity index (χ2n) is 5.08. The molecular formula is C14H21NO. The van der Waals surface area contributed by atoms with Crippen LogP contribution < -0.4 is 10.1 Å². The molecule has 1 unspecified atom stereocenters. The molecule has 1 aliphatic heterocycles. The molecule has 16 heavy (non-hydrogen) atoms. The van der Waals surface area contributed by atoms with Crippen LogP contribution in [0.15, 0.2) is 18.2 Å². The molecule has 2 heteroatoms. The quantitative estimate of drug-likeness (QED) is 0.826. The molecule has 1 N–H and O–H groups in total. The first-order valence-corrected chi connectivity index (χ1v) is 6.06. The molecular weight excluding hydrogens is 198 g/mol. The molecule has 2 rings (SSSR count). The first kappa shape index (κ1) is 11.5. The summed E-state index contributed by atoms with van der Waals surface area (Å²) in [6.07, 6.45) is 2.33. The summed E-state index contributed by atoms with van der Waals surface area (Å²) in [7, 11) is 0. The molecule has 1 aromatic rings. The second kappa shape index (κ2) is 4.46. The summed E-state index contributed by atoms with van der Waals surface area (Å²) in [5.74, 6) is 0.995. The van der Waals surface area contributed by atoms with Gasteiger partial charge in [0.2, 0.25) is 0 Å². The van der Waals surface area contributed by atoms with Crippen molar-refractivity contribution in [3.63, 3.8) is 0 Å². The Hall–Kier alpha value is -1.02. The van der Waals surface area contributed by atoms with E-state index >= 15 is 0 Å². The number of benzene rings is 1. The molecule has 88 valence electrons. The van der Waals surface area contributed by atoms with Gasteiger partial charge in [0.15, 0.2) is 0 Å². The highest BCUT2D eigenvalue weighted by atomic mass is 16.5. The summed E-state index contributed by atoms with van der Waals surface area (Å²) < 4.78 is 6.12. The van der Waals surface area contributed by atoms with Gasteiger partial charge >= 0.3 is 0 Å². The Balaban J connectivity index is 2.10. The van der Waals surface area contributed by atoms with Gasteiger partial charge in [0, 0.05) is 6.54 Å². The molecule has 1 atom stereocenters. The van der Waals surface area contributed by atoms with Crippen LogP contribution in [0.2, 0.25) is 0 Å². The Morgan fingerprint density at radius 3 is 2.69 bits per heavy atom. The monoisotopic (exact) mass is 219 g/mol. The van der Waals surface area contributed by atoms with Crippen molar-refractivity contribution in [1.82, 2.24) is 5.32 Å². The van der Waals surface area contributed by atoms with Gasteiger partial charge in [-0.2, -0.15) is 0 Å². The first-order chi connectivity index (χ1) is 7.59. The smallest absolute Gasteiger partial charge is 0.120 e. The van der Waals surface area contributed by atoms with E-state index in [1.165, 1.54) is 17.5 Å². The van der Waals surface area contributed by atoms with Gasteiger partial charge in [-0.1, -0.05) is 6.07 Å². The number of piperidine rings is 1. The lowest BCUT2D eigenvalue weighted by Crippen LogP contribution is -2.47.